The maximum absolute atomic E-state index is 14.5. The van der Waals surface area contributed by atoms with E-state index in [2.05, 4.69) is 34.5 Å². The van der Waals surface area contributed by atoms with Crippen molar-refractivity contribution in [3.8, 4) is 40.9 Å². The molecule has 2 bridgehead atoms. The van der Waals surface area contributed by atoms with E-state index in [9.17, 15) is 44.7 Å². The summed E-state index contributed by atoms with van der Waals surface area (Å²) < 4.78 is 72.8. The van der Waals surface area contributed by atoms with E-state index in [1.165, 1.54) is 72.0 Å². The number of aliphatic hydroxyl groups is 5. The van der Waals surface area contributed by atoms with Crippen LogP contribution < -0.4 is 25.0 Å². The Hall–Kier alpha value is -3.43. The van der Waals surface area contributed by atoms with Crippen LogP contribution in [0.1, 0.15) is 76.2 Å². The van der Waals surface area contributed by atoms with Crippen molar-refractivity contribution in [1.82, 2.24) is 15.7 Å². The molecule has 4 aliphatic heterocycles. The number of fused-ring (bicyclic) bond motifs is 2. The molecule has 6 aliphatic rings. The number of Topliss-reactive ketones (excluding diaryl/α,β-unsaturated/α-hetero) is 1. The summed E-state index contributed by atoms with van der Waals surface area (Å²) in [4.78, 5) is 62.5. The molecule has 0 saturated carbocycles. The molecule has 7 N–H and O–H groups in total. The lowest BCUT2D eigenvalue weighted by atomic mass is 9.75. The van der Waals surface area contributed by atoms with Gasteiger partial charge in [0.05, 0.1) is 97.0 Å². The zero-order valence-electron chi connectivity index (χ0n) is 50.7. The molecule has 2 amide bonds. The molecule has 19 atom stereocenters. The first-order valence-corrected chi connectivity index (χ1v) is 34.3. The van der Waals surface area contributed by atoms with E-state index < -0.39 is 139 Å². The Bertz CT molecular complexity index is 2870. The number of alkyl carbamates (subject to hydrolysis) is 1. The first kappa shape index (κ1) is 72.0. The number of nitrogens with one attached hydrogen (secondary N) is 2. The Balaban J connectivity index is 1.14. The standard InChI is InChI=1S/C58H78IN3O22S4/c1-13-37(65)62(14-2)32-26-77-38(24-36(32)72-7)82-51-46(67)43(28(4)79-56(51)81-35-19-17-15-16-18-21-58(71)25-34(64)44(60-57(70)76-11)41(35)31(58)20-22-86-88-85-12)61-84-39-23-33(63)53(30(6)78-39)87-54(69)40-27(3)42(59)49(52(75-10)48(40)73-8)83-55-47(68)50(74-9)45(66)29(5)80-55/h15-16,20,28-30,32-33,35-36,38-39,43,45-47,50-51,53,55-56,61,63,66-68,71H,13-14,22-26H2,1-12H3,(H,60,70)/b16-15-,31-20+/t28?,29?,30?,32?,33?,35-,36?,38?,39?,43?,45?,46?,47?,50?,51?,53?,55?,56?,58-/m0/s1. The van der Waals surface area contributed by atoms with Crippen molar-refractivity contribution in [3.05, 3.63) is 49.8 Å². The highest BCUT2D eigenvalue weighted by atomic mass is 127. The zero-order valence-corrected chi connectivity index (χ0v) is 56.1. The van der Waals surface area contributed by atoms with Gasteiger partial charge in [0.2, 0.25) is 23.1 Å². The molecule has 17 unspecified atom stereocenters. The monoisotopic (exact) mass is 1420 g/mol. The van der Waals surface area contributed by atoms with Gasteiger partial charge >= 0.3 is 6.09 Å². The summed E-state index contributed by atoms with van der Waals surface area (Å²) in [6, 6.07) is -1.62. The Morgan fingerprint density at radius 1 is 0.875 bits per heavy atom. The SMILES string of the molecule is CCC(=O)N(CC)C1COC(OC2C(O[C@H]3C#C/C=C\C#C[C@]4(O)CC(=O)C(NC(=O)OC)=C3/C4=C\CSSSC)OC(C)C(NOC3CC(O)C(SC(=O)c4c(C)c(I)c(OC5OC(C)C(O)C(OC)C5O)c(OC)c4OC)C(C)O3)C2O)CC1OC. The van der Waals surface area contributed by atoms with Gasteiger partial charge in [0.15, 0.2) is 41.8 Å². The Morgan fingerprint density at radius 3 is 2.24 bits per heavy atom. The molecule has 25 nitrogen and oxygen atoms in total. The lowest BCUT2D eigenvalue weighted by molar-refractivity contribution is -0.337. The number of hydrogen-bond acceptors (Lipinski definition) is 27. The van der Waals surface area contributed by atoms with Crippen LogP contribution in [-0.4, -0.2) is 229 Å². The van der Waals surface area contributed by atoms with Gasteiger partial charge < -0.3 is 87.3 Å². The maximum Gasteiger partial charge on any atom is 0.411 e. The normalized spacial score (nSPS) is 34.8. The number of carbonyl (C=O) groups excluding carboxylic acids is 4. The summed E-state index contributed by atoms with van der Waals surface area (Å²) in [7, 11) is 11.1. The molecule has 88 heavy (non-hydrogen) atoms. The van der Waals surface area contributed by atoms with Crippen molar-refractivity contribution in [2.24, 2.45) is 0 Å². The van der Waals surface area contributed by atoms with Crippen LogP contribution in [0.4, 0.5) is 4.79 Å². The minimum Gasteiger partial charge on any atom is -0.492 e. The summed E-state index contributed by atoms with van der Waals surface area (Å²) in [5, 5.41) is 59.5. The first-order valence-electron chi connectivity index (χ1n) is 28.3. The number of aliphatic hydroxyl groups excluding tert-OH is 4. The number of likely N-dealkylation sites (N-methyl/N-ethyl adjacent to an activating group) is 1. The summed E-state index contributed by atoms with van der Waals surface area (Å²) in [5.74, 6) is 11.1. The first-order chi connectivity index (χ1) is 42.0. The molecule has 7 rings (SSSR count). The van der Waals surface area contributed by atoms with E-state index in [0.717, 1.165) is 18.9 Å². The molecule has 1 aromatic rings. The topological polar surface area (TPSA) is 317 Å². The largest absolute Gasteiger partial charge is 0.492 e. The molecule has 4 fully saturated rings. The third-order valence-electron chi connectivity index (χ3n) is 15.6. The van der Waals surface area contributed by atoms with Crippen LogP contribution in [0.25, 0.3) is 0 Å². The van der Waals surface area contributed by atoms with Crippen molar-refractivity contribution < 1.29 is 106 Å². The number of halogens is 1. The van der Waals surface area contributed by atoms with Crippen LogP contribution in [0.2, 0.25) is 0 Å². The predicted molar refractivity (Wildman–Crippen MR) is 334 cm³/mol. The number of hydroxylamine groups is 1. The molecule has 1 aromatic carbocycles. The smallest absolute Gasteiger partial charge is 0.411 e. The van der Waals surface area contributed by atoms with E-state index in [-0.39, 0.29) is 71.4 Å². The number of carbonyl (C=O) groups is 4. The molecular weight excluding hydrogens is 1350 g/mol. The highest BCUT2D eigenvalue weighted by molar-refractivity contribution is 14.1. The summed E-state index contributed by atoms with van der Waals surface area (Å²) in [6.07, 6.45) is -12.6. The van der Waals surface area contributed by atoms with Gasteiger partial charge in [0.1, 0.15) is 36.6 Å². The minimum atomic E-state index is -2.08. The Labute approximate surface area is 541 Å². The summed E-state index contributed by atoms with van der Waals surface area (Å²) in [6.45, 7) is 10.6. The molecule has 0 spiro atoms. The quantitative estimate of drug-likeness (QED) is 0.0269. The van der Waals surface area contributed by atoms with E-state index in [1.807, 2.05) is 35.8 Å². The van der Waals surface area contributed by atoms with E-state index in [0.29, 0.717) is 21.4 Å². The number of amides is 2. The number of nitrogens with zero attached hydrogens (tertiary/aromatic N) is 1. The van der Waals surface area contributed by atoms with Crippen LogP contribution in [0, 0.1) is 34.2 Å². The molecular formula is C58H78IN3O22S4. The van der Waals surface area contributed by atoms with Crippen LogP contribution >= 0.6 is 65.8 Å². The van der Waals surface area contributed by atoms with Gasteiger partial charge in [-0.3, -0.25) is 24.5 Å². The molecule has 0 radical (unpaired) electrons. The fourth-order valence-electron chi connectivity index (χ4n) is 11.1. The van der Waals surface area contributed by atoms with Crippen molar-refractivity contribution >= 4 is 88.7 Å². The van der Waals surface area contributed by atoms with Gasteiger partial charge in [-0.25, -0.2) is 4.79 Å². The molecule has 2 aliphatic carbocycles. The lowest BCUT2D eigenvalue weighted by Gasteiger charge is -2.47. The average Bonchev–Trinajstić information content (AvgIpc) is 0.907. The second kappa shape index (κ2) is 32.9. The molecule has 4 heterocycles. The third-order valence-corrected chi connectivity index (χ3v) is 22.1. The summed E-state index contributed by atoms with van der Waals surface area (Å²) in [5.41, 5.74) is 1.16. The van der Waals surface area contributed by atoms with Crippen molar-refractivity contribution in [3.63, 3.8) is 0 Å². The number of methoxy groups -OCH3 is 5. The molecule has 488 valence electrons. The van der Waals surface area contributed by atoms with E-state index in [4.69, 9.17) is 61.7 Å². The van der Waals surface area contributed by atoms with Gasteiger partial charge in [-0.1, -0.05) is 70.0 Å². The number of allylic oxidation sites excluding steroid dienone is 3. The fraction of sp³-hybridized carbons (Fsp3) is 0.655. The number of ketones is 1. The number of thioether (sulfide) groups is 1. The Kier molecular flexibility index (Phi) is 26.9. The van der Waals surface area contributed by atoms with Gasteiger partial charge in [0, 0.05) is 56.9 Å². The predicted octanol–water partition coefficient (Wildman–Crippen LogP) is 3.85. The van der Waals surface area contributed by atoms with Crippen LogP contribution in [0.3, 0.4) is 0 Å². The van der Waals surface area contributed by atoms with Crippen LogP contribution in [0.15, 0.2) is 35.1 Å². The highest BCUT2D eigenvalue weighted by Crippen LogP contribution is 2.49. The van der Waals surface area contributed by atoms with E-state index >= 15 is 0 Å². The Morgan fingerprint density at radius 2 is 1.59 bits per heavy atom. The van der Waals surface area contributed by atoms with Gasteiger partial charge in [-0.15, -0.1) is 0 Å². The van der Waals surface area contributed by atoms with Gasteiger partial charge in [-0.2, -0.15) is 5.48 Å². The number of benzene rings is 1. The number of ether oxygens (including phenoxy) is 12. The van der Waals surface area contributed by atoms with Crippen molar-refractivity contribution in [2.75, 3.05) is 60.7 Å². The second-order valence-corrected chi connectivity index (χ2v) is 27.6. The molecule has 4 saturated heterocycles. The minimum absolute atomic E-state index is 0.00544. The molecule has 0 aromatic heterocycles. The lowest BCUT2D eigenvalue weighted by Crippen LogP contribution is -2.65. The number of hydrogen-bond donors (Lipinski definition) is 7. The fourth-order valence-corrected chi connectivity index (χ4v) is 15.3. The molecule has 30 heteroatoms. The van der Waals surface area contributed by atoms with Gasteiger partial charge in [-0.05, 0) is 91.0 Å². The third kappa shape index (κ3) is 16.3. The summed E-state index contributed by atoms with van der Waals surface area (Å²) >= 11 is 2.81. The van der Waals surface area contributed by atoms with Crippen LogP contribution in [0.5, 0.6) is 17.2 Å². The zero-order chi connectivity index (χ0) is 64.3. The van der Waals surface area contributed by atoms with E-state index in [1.54, 1.807) is 45.6 Å². The van der Waals surface area contributed by atoms with Gasteiger partial charge in [0.25, 0.3) is 0 Å². The highest BCUT2D eigenvalue weighted by Gasteiger charge is 2.52. The number of rotatable bonds is 23. The van der Waals surface area contributed by atoms with Crippen molar-refractivity contribution in [2.45, 2.75) is 182 Å². The van der Waals surface area contributed by atoms with Crippen LogP contribution in [-0.2, 0) is 57.1 Å². The second-order valence-electron chi connectivity index (χ2n) is 21.0. The maximum atomic E-state index is 14.5. The van der Waals surface area contributed by atoms with Crippen molar-refractivity contribution in [1.29, 1.82) is 0 Å². The average molecular weight is 1420 g/mol.